The summed E-state index contributed by atoms with van der Waals surface area (Å²) >= 11 is 1.66. The SMILES string of the molecule is CCCCC1CN(c2ccccc2)c2cc(N(C)C)c(O/C=C(\F)C(=O)OCC)cc2SN1C. The third kappa shape index (κ3) is 6.24. The van der Waals surface area contributed by atoms with E-state index in [9.17, 15) is 9.18 Å². The Labute approximate surface area is 206 Å². The van der Waals surface area contributed by atoms with Gasteiger partial charge in [0.1, 0.15) is 6.26 Å². The fraction of sp³-hybridized carbons (Fsp3) is 0.423. The Hall–Kier alpha value is -2.71. The predicted octanol–water partition coefficient (Wildman–Crippen LogP) is 6.15. The highest BCUT2D eigenvalue weighted by Gasteiger charge is 2.29. The van der Waals surface area contributed by atoms with Gasteiger partial charge in [0.05, 0.1) is 22.9 Å². The molecule has 0 N–H and O–H groups in total. The zero-order valence-electron chi connectivity index (χ0n) is 20.6. The lowest BCUT2D eigenvalue weighted by atomic mass is 10.1. The number of fused-ring (bicyclic) bond motifs is 1. The molecule has 1 unspecified atom stereocenters. The summed E-state index contributed by atoms with van der Waals surface area (Å²) < 4.78 is 26.8. The van der Waals surface area contributed by atoms with Gasteiger partial charge in [-0.2, -0.15) is 4.39 Å². The Kier molecular flexibility index (Phi) is 9.24. The van der Waals surface area contributed by atoms with Gasteiger partial charge in [0.2, 0.25) is 5.83 Å². The summed E-state index contributed by atoms with van der Waals surface area (Å²) in [7, 11) is 5.93. The van der Waals surface area contributed by atoms with Crippen molar-refractivity contribution >= 4 is 35.0 Å². The van der Waals surface area contributed by atoms with E-state index in [1.165, 1.54) is 0 Å². The van der Waals surface area contributed by atoms with E-state index in [1.807, 2.05) is 43.3 Å². The van der Waals surface area contributed by atoms with Crippen molar-refractivity contribution < 1.29 is 18.7 Å². The topological polar surface area (TPSA) is 45.3 Å². The molecule has 34 heavy (non-hydrogen) atoms. The van der Waals surface area contributed by atoms with Gasteiger partial charge >= 0.3 is 5.97 Å². The molecule has 0 aliphatic carbocycles. The largest absolute Gasteiger partial charge is 0.461 e. The molecule has 0 bridgehead atoms. The highest BCUT2D eigenvalue weighted by Crippen LogP contribution is 2.46. The summed E-state index contributed by atoms with van der Waals surface area (Å²) in [6.45, 7) is 4.79. The zero-order chi connectivity index (χ0) is 24.7. The van der Waals surface area contributed by atoms with Crippen molar-refractivity contribution in [3.8, 4) is 5.75 Å². The lowest BCUT2D eigenvalue weighted by Gasteiger charge is -2.30. The van der Waals surface area contributed by atoms with E-state index >= 15 is 0 Å². The minimum Gasteiger partial charge on any atom is -0.461 e. The normalized spacial score (nSPS) is 16.6. The number of esters is 1. The Morgan fingerprint density at radius 3 is 2.62 bits per heavy atom. The van der Waals surface area contributed by atoms with Gasteiger partial charge < -0.3 is 19.3 Å². The molecule has 0 amide bonds. The molecule has 1 aliphatic heterocycles. The van der Waals surface area contributed by atoms with Crippen LogP contribution in [0.15, 0.2) is 59.4 Å². The highest BCUT2D eigenvalue weighted by atomic mass is 32.2. The molecule has 1 aliphatic rings. The molecule has 0 fully saturated rings. The van der Waals surface area contributed by atoms with Crippen LogP contribution in [0.25, 0.3) is 0 Å². The minimum atomic E-state index is -1.07. The van der Waals surface area contributed by atoms with Crippen LogP contribution in [-0.4, -0.2) is 50.6 Å². The number of carbonyl (C=O) groups is 1. The smallest absolute Gasteiger partial charge is 0.370 e. The van der Waals surface area contributed by atoms with Crippen LogP contribution >= 0.6 is 11.9 Å². The molecule has 2 aromatic carbocycles. The number of benzene rings is 2. The zero-order valence-corrected chi connectivity index (χ0v) is 21.4. The third-order valence-corrected chi connectivity index (χ3v) is 6.79. The van der Waals surface area contributed by atoms with Gasteiger partial charge in [-0.25, -0.2) is 9.10 Å². The van der Waals surface area contributed by atoms with Crippen LogP contribution < -0.4 is 14.5 Å². The maximum absolute atomic E-state index is 14.1. The van der Waals surface area contributed by atoms with E-state index in [-0.39, 0.29) is 6.61 Å². The van der Waals surface area contributed by atoms with Crippen LogP contribution in [0.1, 0.15) is 33.1 Å². The van der Waals surface area contributed by atoms with Gasteiger partial charge in [0, 0.05) is 32.4 Å². The van der Waals surface area contributed by atoms with Crippen molar-refractivity contribution in [3.05, 3.63) is 54.6 Å². The first-order valence-electron chi connectivity index (χ1n) is 11.6. The van der Waals surface area contributed by atoms with Gasteiger partial charge in [-0.15, -0.1) is 0 Å². The standard InChI is InChI=1S/C26H34FN3O3S/c1-6-8-12-20-17-30(19-13-10-9-11-14-19)23-15-22(28(3)4)24(16-25(23)34-29(20)5)33-18-21(27)26(31)32-7-2/h9-11,13-16,18,20H,6-8,12,17H2,1-5H3/b21-18-. The van der Waals surface area contributed by atoms with Crippen LogP contribution in [0, 0.1) is 0 Å². The Morgan fingerprint density at radius 2 is 1.97 bits per heavy atom. The molecule has 8 heteroatoms. The molecule has 1 heterocycles. The molecule has 0 radical (unpaired) electrons. The van der Waals surface area contributed by atoms with E-state index < -0.39 is 11.8 Å². The lowest BCUT2D eigenvalue weighted by molar-refractivity contribution is -0.140. The molecular weight excluding hydrogens is 453 g/mol. The van der Waals surface area contributed by atoms with Crippen LogP contribution in [0.4, 0.5) is 21.5 Å². The maximum Gasteiger partial charge on any atom is 0.370 e. The molecule has 2 aromatic rings. The molecule has 0 saturated carbocycles. The van der Waals surface area contributed by atoms with Gasteiger partial charge in [-0.3, -0.25) is 0 Å². The number of carbonyl (C=O) groups excluding carboxylic acids is 1. The van der Waals surface area contributed by atoms with E-state index in [2.05, 4.69) is 41.4 Å². The summed E-state index contributed by atoms with van der Waals surface area (Å²) in [5, 5.41) is 0. The van der Waals surface area contributed by atoms with E-state index in [4.69, 9.17) is 9.47 Å². The number of anilines is 3. The average Bonchev–Trinajstić information content (AvgIpc) is 2.96. The van der Waals surface area contributed by atoms with Crippen molar-refractivity contribution in [1.82, 2.24) is 4.31 Å². The Bertz CT molecular complexity index is 1000. The third-order valence-electron chi connectivity index (χ3n) is 5.68. The first kappa shape index (κ1) is 25.9. The molecule has 3 rings (SSSR count). The second kappa shape index (κ2) is 12.1. The quantitative estimate of drug-likeness (QED) is 0.182. The highest BCUT2D eigenvalue weighted by molar-refractivity contribution is 7.97. The average molecular weight is 488 g/mol. The number of unbranched alkanes of at least 4 members (excludes halogenated alkanes) is 1. The number of halogens is 1. The molecule has 0 spiro atoms. The number of nitrogens with zero attached hydrogens (tertiary/aromatic N) is 3. The fourth-order valence-electron chi connectivity index (χ4n) is 3.85. The molecule has 184 valence electrons. The monoisotopic (exact) mass is 487 g/mol. The summed E-state index contributed by atoms with van der Waals surface area (Å²) in [6, 6.07) is 14.7. The summed E-state index contributed by atoms with van der Waals surface area (Å²) in [6.07, 6.45) is 4.21. The van der Waals surface area contributed by atoms with Gasteiger partial charge in [0.15, 0.2) is 5.75 Å². The predicted molar refractivity (Wildman–Crippen MR) is 138 cm³/mol. The second-order valence-corrected chi connectivity index (χ2v) is 9.56. The fourth-order valence-corrected chi connectivity index (χ4v) is 4.90. The molecule has 0 saturated heterocycles. The van der Waals surface area contributed by atoms with Gasteiger partial charge in [0.25, 0.3) is 0 Å². The number of ether oxygens (including phenoxy) is 2. The first-order chi connectivity index (χ1) is 16.3. The van der Waals surface area contributed by atoms with Crippen LogP contribution in [0.3, 0.4) is 0 Å². The van der Waals surface area contributed by atoms with Crippen molar-refractivity contribution in [2.24, 2.45) is 0 Å². The minimum absolute atomic E-state index is 0.0966. The van der Waals surface area contributed by atoms with E-state index in [0.29, 0.717) is 11.8 Å². The number of likely N-dealkylation sites (N-methyl/N-ethyl adjacent to an activating group) is 1. The van der Waals surface area contributed by atoms with Crippen LogP contribution in [0.2, 0.25) is 0 Å². The van der Waals surface area contributed by atoms with Crippen LogP contribution in [0.5, 0.6) is 5.75 Å². The number of hydrogen-bond donors (Lipinski definition) is 0. The van der Waals surface area contributed by atoms with E-state index in [0.717, 1.165) is 54.0 Å². The first-order valence-corrected chi connectivity index (χ1v) is 12.4. The number of para-hydroxylation sites is 1. The van der Waals surface area contributed by atoms with Crippen molar-refractivity contribution in [3.63, 3.8) is 0 Å². The Balaban J connectivity index is 2.05. The summed E-state index contributed by atoms with van der Waals surface area (Å²) in [4.78, 5) is 16.9. The van der Waals surface area contributed by atoms with Gasteiger partial charge in [-0.05, 0) is 56.6 Å². The van der Waals surface area contributed by atoms with Crippen LogP contribution in [-0.2, 0) is 9.53 Å². The van der Waals surface area contributed by atoms with Crippen molar-refractivity contribution in [1.29, 1.82) is 0 Å². The lowest BCUT2D eigenvalue weighted by Crippen LogP contribution is -2.35. The second-order valence-electron chi connectivity index (χ2n) is 8.37. The van der Waals surface area contributed by atoms with Crippen molar-refractivity contribution in [2.45, 2.75) is 44.0 Å². The molecule has 0 aromatic heterocycles. The maximum atomic E-state index is 14.1. The van der Waals surface area contributed by atoms with E-state index in [1.54, 1.807) is 18.9 Å². The Morgan fingerprint density at radius 1 is 1.24 bits per heavy atom. The number of rotatable bonds is 9. The summed E-state index contributed by atoms with van der Waals surface area (Å²) in [5.74, 6) is -1.65. The number of hydrogen-bond acceptors (Lipinski definition) is 7. The molecular formula is C26H34FN3O3S. The van der Waals surface area contributed by atoms with Crippen molar-refractivity contribution in [2.75, 3.05) is 44.1 Å². The van der Waals surface area contributed by atoms with Gasteiger partial charge in [-0.1, -0.05) is 38.0 Å². The molecule has 6 nitrogen and oxygen atoms in total. The summed E-state index contributed by atoms with van der Waals surface area (Å²) in [5.41, 5.74) is 2.96. The molecule has 1 atom stereocenters.